The Bertz CT molecular complexity index is 799. The summed E-state index contributed by atoms with van der Waals surface area (Å²) in [5.74, 6) is -0.635. The Morgan fingerprint density at radius 3 is 3.05 bits per heavy atom. The van der Waals surface area contributed by atoms with Crippen molar-refractivity contribution in [3.05, 3.63) is 63.9 Å². The number of fused-ring (bicyclic) bond motifs is 1. The first kappa shape index (κ1) is 13.2. The van der Waals surface area contributed by atoms with Gasteiger partial charge in [0.05, 0.1) is 15.2 Å². The quantitative estimate of drug-likeness (QED) is 0.666. The van der Waals surface area contributed by atoms with Gasteiger partial charge < -0.3 is 0 Å². The lowest BCUT2D eigenvalue weighted by Crippen LogP contribution is -2.05. The molecule has 5 heteroatoms. The van der Waals surface area contributed by atoms with Crippen LogP contribution in [-0.4, -0.2) is 10.8 Å². The molecule has 0 bridgehead atoms. The van der Waals surface area contributed by atoms with Crippen LogP contribution in [0.25, 0.3) is 10.2 Å². The zero-order valence-electron chi connectivity index (χ0n) is 10.3. The van der Waals surface area contributed by atoms with Crippen molar-refractivity contribution in [3.8, 4) is 0 Å². The van der Waals surface area contributed by atoms with E-state index in [-0.39, 0.29) is 17.2 Å². The fourth-order valence-electron chi connectivity index (χ4n) is 1.96. The lowest BCUT2D eigenvalue weighted by Gasteiger charge is -2.04. The van der Waals surface area contributed by atoms with E-state index in [4.69, 9.17) is 11.6 Å². The van der Waals surface area contributed by atoms with Crippen molar-refractivity contribution in [2.24, 2.45) is 0 Å². The smallest absolute Gasteiger partial charge is 0.168 e. The Morgan fingerprint density at radius 2 is 2.20 bits per heavy atom. The lowest BCUT2D eigenvalue weighted by atomic mass is 10.0. The van der Waals surface area contributed by atoms with Crippen LogP contribution in [0.2, 0.25) is 5.02 Å². The topological polar surface area (TPSA) is 30.0 Å². The van der Waals surface area contributed by atoms with Crippen LogP contribution < -0.4 is 0 Å². The van der Waals surface area contributed by atoms with Crippen molar-refractivity contribution >= 4 is 38.9 Å². The van der Waals surface area contributed by atoms with E-state index in [1.165, 1.54) is 17.4 Å². The summed E-state index contributed by atoms with van der Waals surface area (Å²) in [5, 5.41) is 1.93. The molecule has 2 heterocycles. The molecule has 0 saturated carbocycles. The Kier molecular flexibility index (Phi) is 3.51. The number of aromatic nitrogens is 1. The molecule has 0 radical (unpaired) electrons. The van der Waals surface area contributed by atoms with Gasteiger partial charge in [0.1, 0.15) is 5.82 Å². The monoisotopic (exact) mass is 305 g/mol. The molecule has 3 rings (SSSR count). The fraction of sp³-hybridized carbons (Fsp3) is 0.0667. The summed E-state index contributed by atoms with van der Waals surface area (Å²) in [6, 6.07) is 8.18. The summed E-state index contributed by atoms with van der Waals surface area (Å²) in [4.78, 5) is 16.5. The predicted octanol–water partition coefficient (Wildman–Crippen LogP) is 4.51. The van der Waals surface area contributed by atoms with E-state index >= 15 is 0 Å². The minimum absolute atomic E-state index is 0.00557. The van der Waals surface area contributed by atoms with Gasteiger partial charge in [0.15, 0.2) is 5.78 Å². The number of pyridine rings is 1. The van der Waals surface area contributed by atoms with Crippen LogP contribution in [0, 0.1) is 5.82 Å². The molecule has 0 amide bonds. The summed E-state index contributed by atoms with van der Waals surface area (Å²) in [7, 11) is 0. The number of rotatable bonds is 3. The first-order valence-electron chi connectivity index (χ1n) is 5.94. The highest BCUT2D eigenvalue weighted by atomic mass is 35.5. The molecule has 20 heavy (non-hydrogen) atoms. The van der Waals surface area contributed by atoms with Gasteiger partial charge in [-0.05, 0) is 29.1 Å². The van der Waals surface area contributed by atoms with Gasteiger partial charge in [0.2, 0.25) is 0 Å². The number of hydrogen-bond donors (Lipinski definition) is 0. The molecule has 100 valence electrons. The lowest BCUT2D eigenvalue weighted by molar-refractivity contribution is 0.0993. The molecule has 1 aromatic carbocycles. The minimum atomic E-state index is -0.510. The first-order valence-corrected chi connectivity index (χ1v) is 7.20. The van der Waals surface area contributed by atoms with Crippen molar-refractivity contribution in [1.29, 1.82) is 0 Å². The third kappa shape index (κ3) is 2.44. The molecule has 0 aliphatic carbocycles. The van der Waals surface area contributed by atoms with Gasteiger partial charge in [-0.1, -0.05) is 23.7 Å². The van der Waals surface area contributed by atoms with Crippen LogP contribution in [0.3, 0.4) is 0 Å². The van der Waals surface area contributed by atoms with E-state index in [9.17, 15) is 9.18 Å². The standard InChI is InChI=1S/C15H9ClFNOS/c16-15-9(2-1-3-11(15)17)6-13(19)10-7-14-12(18-8-10)4-5-20-14/h1-5,7-8H,6H2. The van der Waals surface area contributed by atoms with Gasteiger partial charge in [0, 0.05) is 18.2 Å². The number of nitrogens with zero attached hydrogens (tertiary/aromatic N) is 1. The number of ketones is 1. The van der Waals surface area contributed by atoms with Crippen molar-refractivity contribution in [2.45, 2.75) is 6.42 Å². The number of carbonyl (C=O) groups excluding carboxylic acids is 1. The van der Waals surface area contributed by atoms with Crippen molar-refractivity contribution in [2.75, 3.05) is 0 Å². The van der Waals surface area contributed by atoms with Gasteiger partial charge >= 0.3 is 0 Å². The van der Waals surface area contributed by atoms with Crippen molar-refractivity contribution < 1.29 is 9.18 Å². The summed E-state index contributed by atoms with van der Waals surface area (Å²) in [6.45, 7) is 0. The van der Waals surface area contributed by atoms with Gasteiger partial charge in [-0.3, -0.25) is 9.78 Å². The van der Waals surface area contributed by atoms with E-state index in [2.05, 4.69) is 4.98 Å². The molecule has 0 fully saturated rings. The zero-order chi connectivity index (χ0) is 14.1. The number of hydrogen-bond acceptors (Lipinski definition) is 3. The average Bonchev–Trinajstić information content (AvgIpc) is 2.91. The highest BCUT2D eigenvalue weighted by molar-refractivity contribution is 7.17. The van der Waals surface area contributed by atoms with E-state index in [1.54, 1.807) is 18.3 Å². The maximum absolute atomic E-state index is 13.3. The number of halogens is 2. The fourth-order valence-corrected chi connectivity index (χ4v) is 2.93. The van der Waals surface area contributed by atoms with Crippen LogP contribution in [-0.2, 0) is 6.42 Å². The molecule has 3 aromatic rings. The predicted molar refractivity (Wildman–Crippen MR) is 79.1 cm³/mol. The molecular formula is C15H9ClFNOS. The molecule has 0 aliphatic rings. The van der Waals surface area contributed by atoms with Crippen molar-refractivity contribution in [3.63, 3.8) is 0 Å². The molecular weight excluding hydrogens is 297 g/mol. The van der Waals surface area contributed by atoms with E-state index in [1.807, 2.05) is 17.5 Å². The number of Topliss-reactive ketones (excluding diaryl/α,β-unsaturated/α-hetero) is 1. The van der Waals surface area contributed by atoms with Crippen LogP contribution in [0.5, 0.6) is 0 Å². The van der Waals surface area contributed by atoms with Gasteiger partial charge in [0.25, 0.3) is 0 Å². The normalized spacial score (nSPS) is 10.9. The first-order chi connectivity index (χ1) is 9.65. The SMILES string of the molecule is O=C(Cc1cccc(F)c1Cl)c1cnc2ccsc2c1. The van der Waals surface area contributed by atoms with Crippen LogP contribution in [0.15, 0.2) is 41.9 Å². The molecule has 0 N–H and O–H groups in total. The number of carbonyl (C=O) groups is 1. The highest BCUT2D eigenvalue weighted by Crippen LogP contribution is 2.23. The van der Waals surface area contributed by atoms with E-state index in [0.717, 1.165) is 10.2 Å². The Morgan fingerprint density at radius 1 is 1.35 bits per heavy atom. The molecule has 0 aliphatic heterocycles. The summed E-state index contributed by atoms with van der Waals surface area (Å²) >= 11 is 7.39. The highest BCUT2D eigenvalue weighted by Gasteiger charge is 2.13. The zero-order valence-corrected chi connectivity index (χ0v) is 11.8. The molecule has 2 nitrogen and oxygen atoms in total. The second-order valence-corrected chi connectivity index (χ2v) is 5.67. The number of thiophene rings is 1. The molecule has 0 atom stereocenters. The van der Waals surface area contributed by atoms with Gasteiger partial charge in [-0.25, -0.2) is 4.39 Å². The average molecular weight is 306 g/mol. The molecule has 0 unspecified atom stereocenters. The third-order valence-corrected chi connectivity index (χ3v) is 4.28. The van der Waals surface area contributed by atoms with E-state index < -0.39 is 5.82 Å². The minimum Gasteiger partial charge on any atom is -0.294 e. The summed E-state index contributed by atoms with van der Waals surface area (Å²) < 4.78 is 14.3. The third-order valence-electron chi connectivity index (χ3n) is 3.01. The Balaban J connectivity index is 1.90. The van der Waals surface area contributed by atoms with Crippen LogP contribution in [0.4, 0.5) is 4.39 Å². The van der Waals surface area contributed by atoms with Gasteiger partial charge in [-0.2, -0.15) is 0 Å². The Labute approximate surface area is 123 Å². The maximum atomic E-state index is 13.3. The second-order valence-electron chi connectivity index (χ2n) is 4.34. The maximum Gasteiger partial charge on any atom is 0.168 e. The summed E-state index contributed by atoms with van der Waals surface area (Å²) in [6.07, 6.45) is 1.61. The van der Waals surface area contributed by atoms with Crippen LogP contribution >= 0.6 is 22.9 Å². The second kappa shape index (κ2) is 5.31. The largest absolute Gasteiger partial charge is 0.294 e. The van der Waals surface area contributed by atoms with E-state index in [0.29, 0.717) is 11.1 Å². The van der Waals surface area contributed by atoms with Crippen molar-refractivity contribution in [1.82, 2.24) is 4.98 Å². The number of benzene rings is 1. The van der Waals surface area contributed by atoms with Crippen LogP contribution in [0.1, 0.15) is 15.9 Å². The molecule has 0 spiro atoms. The Hall–Kier alpha value is -1.78. The molecule has 0 saturated heterocycles. The van der Waals surface area contributed by atoms with Gasteiger partial charge in [-0.15, -0.1) is 11.3 Å². The summed E-state index contributed by atoms with van der Waals surface area (Å²) in [5.41, 5.74) is 1.87. The molecule has 2 aromatic heterocycles.